The number of anilines is 1. The highest BCUT2D eigenvalue weighted by Gasteiger charge is 2.29. The number of carbonyl (C=O) groups excluding carboxylic acids is 1. The van der Waals surface area contributed by atoms with Gasteiger partial charge in [0.05, 0.1) is 11.1 Å². The fourth-order valence-electron chi connectivity index (χ4n) is 2.24. The summed E-state index contributed by atoms with van der Waals surface area (Å²) >= 11 is 0. The van der Waals surface area contributed by atoms with Gasteiger partial charge in [0.1, 0.15) is 0 Å². The number of nitrogens with zero attached hydrogens (tertiary/aromatic N) is 1. The van der Waals surface area contributed by atoms with Crippen molar-refractivity contribution in [3.8, 4) is 0 Å². The van der Waals surface area contributed by atoms with E-state index in [0.717, 1.165) is 28.7 Å². The highest BCUT2D eigenvalue weighted by Crippen LogP contribution is 2.29. The number of rotatable bonds is 1. The molecule has 1 aromatic heterocycles. The molecule has 25 heavy (non-hydrogen) atoms. The zero-order valence-electron chi connectivity index (χ0n) is 13.8. The van der Waals surface area contributed by atoms with Crippen LogP contribution in [0.2, 0.25) is 0 Å². The Morgan fingerprint density at radius 2 is 1.64 bits per heavy atom. The van der Waals surface area contributed by atoms with E-state index in [2.05, 4.69) is 4.98 Å². The highest BCUT2D eigenvalue weighted by atomic mass is 19.4. The third kappa shape index (κ3) is 4.79. The molecule has 0 atom stereocenters. The largest absolute Gasteiger partial charge is 0.416 e. The number of hydrogen-bond acceptors (Lipinski definition) is 3. The molecule has 0 radical (unpaired) electrons. The van der Waals surface area contributed by atoms with Crippen LogP contribution in [-0.4, -0.2) is 10.8 Å². The maximum atomic E-state index is 11.9. The Morgan fingerprint density at radius 1 is 1.04 bits per heavy atom. The molecule has 0 aliphatic heterocycles. The van der Waals surface area contributed by atoms with Crippen LogP contribution in [0, 0.1) is 6.92 Å². The molecule has 130 valence electrons. The summed E-state index contributed by atoms with van der Waals surface area (Å²) in [6, 6.07) is 14.1. The SMILES string of the molecule is CC(=O)c1cc2ccccc2nc1C.Nc1ccc(C(F)(F)F)cc1. The highest BCUT2D eigenvalue weighted by molar-refractivity contribution is 5.98. The van der Waals surface area contributed by atoms with Gasteiger partial charge in [-0.1, -0.05) is 18.2 Å². The lowest BCUT2D eigenvalue weighted by Gasteiger charge is -2.05. The summed E-state index contributed by atoms with van der Waals surface area (Å²) in [5, 5.41) is 1.02. The predicted molar refractivity (Wildman–Crippen MR) is 92.3 cm³/mol. The zero-order chi connectivity index (χ0) is 18.6. The number of alkyl halides is 3. The number of pyridine rings is 1. The van der Waals surface area contributed by atoms with Crippen molar-refractivity contribution in [3.05, 3.63) is 71.4 Å². The number of ketones is 1. The number of carbonyl (C=O) groups is 1. The maximum Gasteiger partial charge on any atom is 0.416 e. The molecule has 6 heteroatoms. The third-order valence-electron chi connectivity index (χ3n) is 3.53. The van der Waals surface area contributed by atoms with Crippen molar-refractivity contribution in [1.82, 2.24) is 4.98 Å². The minimum atomic E-state index is -4.27. The summed E-state index contributed by atoms with van der Waals surface area (Å²) in [4.78, 5) is 15.6. The van der Waals surface area contributed by atoms with Crippen LogP contribution in [0.15, 0.2) is 54.6 Å². The summed E-state index contributed by atoms with van der Waals surface area (Å²) < 4.78 is 35.6. The first-order chi connectivity index (χ1) is 11.7. The van der Waals surface area contributed by atoms with Crippen LogP contribution in [0.3, 0.4) is 0 Å². The van der Waals surface area contributed by atoms with Gasteiger partial charge in [-0.2, -0.15) is 13.2 Å². The Hall–Kier alpha value is -2.89. The number of para-hydroxylation sites is 1. The molecule has 0 saturated carbocycles. The van der Waals surface area contributed by atoms with Crippen molar-refractivity contribution in [2.45, 2.75) is 20.0 Å². The normalized spacial score (nSPS) is 10.9. The van der Waals surface area contributed by atoms with Crippen molar-refractivity contribution in [2.75, 3.05) is 5.73 Å². The zero-order valence-corrected chi connectivity index (χ0v) is 13.8. The van der Waals surface area contributed by atoms with Crippen LogP contribution < -0.4 is 5.73 Å². The molecule has 0 aliphatic carbocycles. The molecule has 0 fully saturated rings. The standard InChI is InChI=1S/C12H11NO.C7H6F3N/c1-8-11(9(2)14)7-10-5-3-4-6-12(10)13-8;8-7(9,10)5-1-3-6(11)4-2-5/h3-7H,1-2H3;1-4H,11H2. The molecule has 0 spiro atoms. The Kier molecular flexibility index (Phi) is 5.41. The molecule has 0 amide bonds. The van der Waals surface area contributed by atoms with E-state index in [4.69, 9.17) is 5.73 Å². The number of benzene rings is 2. The van der Waals surface area contributed by atoms with E-state index in [1.807, 2.05) is 37.3 Å². The van der Waals surface area contributed by atoms with Crippen molar-refractivity contribution in [3.63, 3.8) is 0 Å². The summed E-state index contributed by atoms with van der Waals surface area (Å²) in [6.45, 7) is 3.43. The van der Waals surface area contributed by atoms with E-state index in [1.165, 1.54) is 12.1 Å². The minimum absolute atomic E-state index is 0.0701. The lowest BCUT2D eigenvalue weighted by molar-refractivity contribution is -0.137. The first kappa shape index (κ1) is 18.4. The van der Waals surface area contributed by atoms with Gasteiger partial charge in [-0.3, -0.25) is 9.78 Å². The molecule has 0 bridgehead atoms. The molecule has 3 rings (SSSR count). The molecular formula is C19H17F3N2O. The lowest BCUT2D eigenvalue weighted by Crippen LogP contribution is -2.04. The van der Waals surface area contributed by atoms with E-state index >= 15 is 0 Å². The quantitative estimate of drug-likeness (QED) is 0.496. The second-order valence-corrected chi connectivity index (χ2v) is 5.49. The van der Waals surface area contributed by atoms with Gasteiger partial charge in [0, 0.05) is 22.3 Å². The smallest absolute Gasteiger partial charge is 0.399 e. The Morgan fingerprint density at radius 3 is 2.20 bits per heavy atom. The van der Waals surface area contributed by atoms with Gasteiger partial charge in [-0.05, 0) is 50.2 Å². The average Bonchev–Trinajstić information content (AvgIpc) is 2.54. The number of hydrogen-bond donors (Lipinski definition) is 1. The Bertz CT molecular complexity index is 887. The van der Waals surface area contributed by atoms with Crippen LogP contribution >= 0.6 is 0 Å². The first-order valence-electron chi connectivity index (χ1n) is 7.48. The fraction of sp³-hybridized carbons (Fsp3) is 0.158. The van der Waals surface area contributed by atoms with Crippen molar-refractivity contribution < 1.29 is 18.0 Å². The number of nitrogens with two attached hydrogens (primary N) is 1. The van der Waals surface area contributed by atoms with Crippen molar-refractivity contribution in [1.29, 1.82) is 0 Å². The second kappa shape index (κ2) is 7.34. The van der Waals surface area contributed by atoms with Crippen molar-refractivity contribution in [2.24, 2.45) is 0 Å². The van der Waals surface area contributed by atoms with Crippen molar-refractivity contribution >= 4 is 22.4 Å². The lowest BCUT2D eigenvalue weighted by atomic mass is 10.1. The molecule has 0 unspecified atom stereocenters. The molecule has 0 aliphatic rings. The summed E-state index contributed by atoms with van der Waals surface area (Å²) in [5.74, 6) is 0.0701. The molecule has 3 aromatic rings. The number of nitrogen functional groups attached to an aromatic ring is 1. The van der Waals surface area contributed by atoms with Gasteiger partial charge in [0.2, 0.25) is 0 Å². The minimum Gasteiger partial charge on any atom is -0.399 e. The summed E-state index contributed by atoms with van der Waals surface area (Å²) in [6.07, 6.45) is -4.27. The summed E-state index contributed by atoms with van der Waals surface area (Å²) in [5.41, 5.74) is 7.31. The molecular weight excluding hydrogens is 329 g/mol. The molecule has 1 heterocycles. The number of halogens is 3. The predicted octanol–water partition coefficient (Wildman–Crippen LogP) is 5.03. The van der Waals surface area contributed by atoms with E-state index in [-0.39, 0.29) is 5.78 Å². The van der Waals surface area contributed by atoms with Crippen LogP contribution in [-0.2, 0) is 6.18 Å². The number of aromatic nitrogens is 1. The van der Waals surface area contributed by atoms with Crippen LogP contribution in [0.5, 0.6) is 0 Å². The van der Waals surface area contributed by atoms with Crippen LogP contribution in [0.1, 0.15) is 28.5 Å². The monoisotopic (exact) mass is 346 g/mol. The first-order valence-corrected chi connectivity index (χ1v) is 7.48. The maximum absolute atomic E-state index is 11.9. The fourth-order valence-corrected chi connectivity index (χ4v) is 2.24. The number of fused-ring (bicyclic) bond motifs is 1. The number of Topliss-reactive ketones (excluding diaryl/α,β-unsaturated/α-hetero) is 1. The van der Waals surface area contributed by atoms with E-state index in [1.54, 1.807) is 6.92 Å². The Balaban J connectivity index is 0.000000186. The van der Waals surface area contributed by atoms with Crippen LogP contribution in [0.4, 0.5) is 18.9 Å². The van der Waals surface area contributed by atoms with Gasteiger partial charge in [0.15, 0.2) is 5.78 Å². The van der Waals surface area contributed by atoms with Gasteiger partial charge in [0.25, 0.3) is 0 Å². The average molecular weight is 346 g/mol. The second-order valence-electron chi connectivity index (χ2n) is 5.49. The Labute approximate surface area is 143 Å². The molecule has 3 nitrogen and oxygen atoms in total. The third-order valence-corrected chi connectivity index (χ3v) is 3.53. The molecule has 0 saturated heterocycles. The molecule has 2 N–H and O–H groups in total. The van der Waals surface area contributed by atoms with Crippen LogP contribution in [0.25, 0.3) is 10.9 Å². The van der Waals surface area contributed by atoms with Gasteiger partial charge in [-0.25, -0.2) is 0 Å². The van der Waals surface area contributed by atoms with Gasteiger partial charge >= 0.3 is 6.18 Å². The van der Waals surface area contributed by atoms with E-state index in [9.17, 15) is 18.0 Å². The number of aryl methyl sites for hydroxylation is 1. The summed E-state index contributed by atoms with van der Waals surface area (Å²) in [7, 11) is 0. The van der Waals surface area contributed by atoms with E-state index < -0.39 is 11.7 Å². The topological polar surface area (TPSA) is 56.0 Å². The van der Waals surface area contributed by atoms with E-state index in [0.29, 0.717) is 11.3 Å². The molecule has 2 aromatic carbocycles. The van der Waals surface area contributed by atoms with Gasteiger partial charge in [-0.15, -0.1) is 0 Å². The van der Waals surface area contributed by atoms with Gasteiger partial charge < -0.3 is 5.73 Å².